The topological polar surface area (TPSA) is 62.7 Å². The molecular weight excluding hydrogens is 256 g/mol. The van der Waals surface area contributed by atoms with Crippen molar-refractivity contribution in [3.05, 3.63) is 29.0 Å². The minimum absolute atomic E-state index is 0.0407. The van der Waals surface area contributed by atoms with Crippen molar-refractivity contribution >= 4 is 17.5 Å². The van der Waals surface area contributed by atoms with Gasteiger partial charge in [0.2, 0.25) is 0 Å². The number of aromatic nitrogens is 1. The summed E-state index contributed by atoms with van der Waals surface area (Å²) >= 11 is 5.84. The predicted octanol–water partition coefficient (Wildman–Crippen LogP) is 0.957. The van der Waals surface area contributed by atoms with Gasteiger partial charge in [0.15, 0.2) is 0 Å². The monoisotopic (exact) mass is 270 g/mol. The summed E-state index contributed by atoms with van der Waals surface area (Å²) in [5.41, 5.74) is 0.313. The summed E-state index contributed by atoms with van der Waals surface area (Å²) in [6.45, 7) is 2.58. The van der Waals surface area contributed by atoms with Crippen molar-refractivity contribution in [1.29, 1.82) is 0 Å². The Balaban J connectivity index is 2.16. The number of carbonyl (C=O) groups excluding carboxylic acids is 1. The summed E-state index contributed by atoms with van der Waals surface area (Å²) in [4.78, 5) is 18.0. The number of carbonyl (C=O) groups is 1. The zero-order valence-electron chi connectivity index (χ0n) is 10.0. The molecule has 1 aliphatic rings. The van der Waals surface area contributed by atoms with Gasteiger partial charge >= 0.3 is 0 Å². The number of ether oxygens (including phenoxy) is 1. The predicted molar refractivity (Wildman–Crippen MR) is 66.6 cm³/mol. The molecule has 1 aromatic heterocycles. The van der Waals surface area contributed by atoms with Crippen molar-refractivity contribution in [2.75, 3.05) is 19.8 Å². The Labute approximate surface area is 110 Å². The number of amides is 1. The van der Waals surface area contributed by atoms with Crippen LogP contribution in [0.2, 0.25) is 5.02 Å². The summed E-state index contributed by atoms with van der Waals surface area (Å²) in [6, 6.07) is 3.12. The number of pyridine rings is 1. The van der Waals surface area contributed by atoms with Gasteiger partial charge in [-0.2, -0.15) is 0 Å². The van der Waals surface area contributed by atoms with Crippen LogP contribution in [0, 0.1) is 0 Å². The molecule has 2 rings (SSSR count). The first-order valence-corrected chi connectivity index (χ1v) is 6.14. The molecule has 1 N–H and O–H groups in total. The van der Waals surface area contributed by atoms with Crippen molar-refractivity contribution in [2.45, 2.75) is 19.1 Å². The molecule has 0 aliphatic carbocycles. The molecular formula is C12H15ClN2O3. The second-order valence-corrected chi connectivity index (χ2v) is 4.74. The maximum absolute atomic E-state index is 12.3. The summed E-state index contributed by atoms with van der Waals surface area (Å²) in [5.74, 6) is -0.188. The van der Waals surface area contributed by atoms with Gasteiger partial charge in [0.1, 0.15) is 5.69 Å². The van der Waals surface area contributed by atoms with Gasteiger partial charge in [-0.25, -0.2) is 0 Å². The Morgan fingerprint density at radius 1 is 1.72 bits per heavy atom. The van der Waals surface area contributed by atoms with Crippen LogP contribution in [-0.4, -0.2) is 52.8 Å². The van der Waals surface area contributed by atoms with E-state index in [1.54, 1.807) is 17.0 Å². The summed E-state index contributed by atoms with van der Waals surface area (Å²) in [7, 11) is 0. The Kier molecular flexibility index (Phi) is 4.16. The minimum Gasteiger partial charge on any atom is -0.394 e. The first kappa shape index (κ1) is 13.3. The van der Waals surface area contributed by atoms with E-state index >= 15 is 0 Å². The standard InChI is InChI=1S/C12H15ClN2O3/c1-8-7-18-10(6-16)5-15(8)12(17)11-4-9(13)2-3-14-11/h2-4,8,10,16H,5-7H2,1H3. The number of rotatable bonds is 2. The summed E-state index contributed by atoms with van der Waals surface area (Å²) in [5, 5.41) is 9.57. The molecule has 0 saturated carbocycles. The lowest BCUT2D eigenvalue weighted by atomic mass is 10.1. The number of hydrogen-bond acceptors (Lipinski definition) is 4. The number of aliphatic hydroxyl groups is 1. The quantitative estimate of drug-likeness (QED) is 0.869. The van der Waals surface area contributed by atoms with Crippen LogP contribution in [0.1, 0.15) is 17.4 Å². The third kappa shape index (κ3) is 2.80. The van der Waals surface area contributed by atoms with Gasteiger partial charge in [0.05, 0.1) is 25.4 Å². The lowest BCUT2D eigenvalue weighted by molar-refractivity contribution is -0.0668. The van der Waals surface area contributed by atoms with E-state index in [2.05, 4.69) is 4.98 Å². The van der Waals surface area contributed by atoms with Crippen molar-refractivity contribution in [3.63, 3.8) is 0 Å². The van der Waals surface area contributed by atoms with Crippen LogP contribution in [0.3, 0.4) is 0 Å². The van der Waals surface area contributed by atoms with Gasteiger partial charge in [-0.3, -0.25) is 9.78 Å². The summed E-state index contributed by atoms with van der Waals surface area (Å²) in [6.07, 6.45) is 1.17. The zero-order chi connectivity index (χ0) is 13.1. The molecule has 1 amide bonds. The Morgan fingerprint density at radius 3 is 3.17 bits per heavy atom. The molecule has 0 aromatic carbocycles. The SMILES string of the molecule is CC1COC(CO)CN1C(=O)c1cc(Cl)ccn1. The molecule has 0 radical (unpaired) electrons. The molecule has 2 unspecified atom stereocenters. The smallest absolute Gasteiger partial charge is 0.272 e. The Bertz CT molecular complexity index is 441. The molecule has 6 heteroatoms. The first-order chi connectivity index (χ1) is 8.61. The molecule has 5 nitrogen and oxygen atoms in total. The third-order valence-corrected chi connectivity index (χ3v) is 3.15. The van der Waals surface area contributed by atoms with Crippen LogP contribution in [0.25, 0.3) is 0 Å². The van der Waals surface area contributed by atoms with E-state index in [9.17, 15) is 4.79 Å². The molecule has 1 saturated heterocycles. The van der Waals surface area contributed by atoms with Gasteiger partial charge in [0, 0.05) is 17.8 Å². The van der Waals surface area contributed by atoms with Crippen LogP contribution in [0.15, 0.2) is 18.3 Å². The van der Waals surface area contributed by atoms with Crippen LogP contribution in [-0.2, 0) is 4.74 Å². The normalized spacial score (nSPS) is 24.1. The van der Waals surface area contributed by atoms with E-state index in [1.807, 2.05) is 6.92 Å². The molecule has 1 fully saturated rings. The lowest BCUT2D eigenvalue weighted by Gasteiger charge is -2.37. The fourth-order valence-electron chi connectivity index (χ4n) is 1.88. The number of halogens is 1. The number of nitrogens with zero attached hydrogens (tertiary/aromatic N) is 2. The van der Waals surface area contributed by atoms with Crippen molar-refractivity contribution < 1.29 is 14.6 Å². The van der Waals surface area contributed by atoms with Gasteiger partial charge in [-0.1, -0.05) is 11.6 Å². The van der Waals surface area contributed by atoms with Gasteiger partial charge in [-0.15, -0.1) is 0 Å². The van der Waals surface area contributed by atoms with Crippen LogP contribution in [0.4, 0.5) is 0 Å². The molecule has 1 aliphatic heterocycles. The van der Waals surface area contributed by atoms with E-state index in [0.29, 0.717) is 23.9 Å². The highest BCUT2D eigenvalue weighted by Crippen LogP contribution is 2.16. The van der Waals surface area contributed by atoms with E-state index in [1.165, 1.54) is 6.20 Å². The second-order valence-electron chi connectivity index (χ2n) is 4.30. The van der Waals surface area contributed by atoms with Crippen molar-refractivity contribution in [2.24, 2.45) is 0 Å². The van der Waals surface area contributed by atoms with Crippen molar-refractivity contribution in [3.8, 4) is 0 Å². The molecule has 0 bridgehead atoms. The first-order valence-electron chi connectivity index (χ1n) is 5.77. The maximum Gasteiger partial charge on any atom is 0.272 e. The zero-order valence-corrected chi connectivity index (χ0v) is 10.8. The number of morpholine rings is 1. The van der Waals surface area contributed by atoms with Crippen LogP contribution in [0.5, 0.6) is 0 Å². The molecule has 98 valence electrons. The van der Waals surface area contributed by atoms with E-state index < -0.39 is 0 Å². The fourth-order valence-corrected chi connectivity index (χ4v) is 2.04. The van der Waals surface area contributed by atoms with Crippen molar-refractivity contribution in [1.82, 2.24) is 9.88 Å². The molecule has 18 heavy (non-hydrogen) atoms. The molecule has 2 atom stereocenters. The average molecular weight is 271 g/mol. The Morgan fingerprint density at radius 2 is 2.50 bits per heavy atom. The number of hydrogen-bond donors (Lipinski definition) is 1. The molecule has 0 spiro atoms. The Hall–Kier alpha value is -1.17. The maximum atomic E-state index is 12.3. The van der Waals surface area contributed by atoms with Crippen LogP contribution >= 0.6 is 11.6 Å². The number of aliphatic hydroxyl groups excluding tert-OH is 1. The second kappa shape index (κ2) is 5.65. The van der Waals surface area contributed by atoms with Gasteiger partial charge in [0.25, 0.3) is 5.91 Å². The highest BCUT2D eigenvalue weighted by Gasteiger charge is 2.30. The van der Waals surface area contributed by atoms with Gasteiger partial charge < -0.3 is 14.7 Å². The largest absolute Gasteiger partial charge is 0.394 e. The highest BCUT2D eigenvalue weighted by molar-refractivity contribution is 6.30. The van der Waals surface area contributed by atoms with E-state index in [0.717, 1.165) is 0 Å². The minimum atomic E-state index is -0.329. The molecule has 2 heterocycles. The summed E-state index contributed by atoms with van der Waals surface area (Å²) < 4.78 is 5.39. The molecule has 1 aromatic rings. The average Bonchev–Trinajstić information content (AvgIpc) is 2.38. The fraction of sp³-hybridized carbons (Fsp3) is 0.500. The van der Waals surface area contributed by atoms with E-state index in [-0.39, 0.29) is 24.7 Å². The third-order valence-electron chi connectivity index (χ3n) is 2.91. The van der Waals surface area contributed by atoms with Gasteiger partial charge in [-0.05, 0) is 19.1 Å². The van der Waals surface area contributed by atoms with E-state index in [4.69, 9.17) is 21.4 Å². The lowest BCUT2D eigenvalue weighted by Crippen LogP contribution is -2.52. The van der Waals surface area contributed by atoms with Crippen LogP contribution < -0.4 is 0 Å². The highest BCUT2D eigenvalue weighted by atomic mass is 35.5.